The van der Waals surface area contributed by atoms with Crippen molar-refractivity contribution in [3.05, 3.63) is 0 Å². The summed E-state index contributed by atoms with van der Waals surface area (Å²) in [4.78, 5) is 0. The van der Waals surface area contributed by atoms with Gasteiger partial charge in [0.2, 0.25) is 0 Å². The van der Waals surface area contributed by atoms with Crippen LogP contribution in [0.5, 0.6) is 0 Å². The second kappa shape index (κ2) is 4.88. The van der Waals surface area contributed by atoms with E-state index in [1.165, 1.54) is 19.3 Å². The summed E-state index contributed by atoms with van der Waals surface area (Å²) in [5, 5.41) is 3.69. The van der Waals surface area contributed by atoms with E-state index in [1.54, 1.807) is 0 Å². The topological polar surface area (TPSA) is 46.2 Å². The summed E-state index contributed by atoms with van der Waals surface area (Å²) in [5.74, 6) is 1.80. The molecule has 0 aromatic heterocycles. The molecule has 0 saturated carbocycles. The van der Waals surface area contributed by atoms with Crippen molar-refractivity contribution in [3.8, 4) is 0 Å². The molecule has 4 heteroatoms. The van der Waals surface area contributed by atoms with Crippen molar-refractivity contribution in [2.75, 3.05) is 18.1 Å². The summed E-state index contributed by atoms with van der Waals surface area (Å²) < 4.78 is 23.1. The maximum absolute atomic E-state index is 11.5. The Kier molecular flexibility index (Phi) is 3.83. The average molecular weight is 259 g/mol. The van der Waals surface area contributed by atoms with Crippen molar-refractivity contribution in [1.82, 2.24) is 5.32 Å². The predicted octanol–water partition coefficient (Wildman–Crippen LogP) is 1.98. The van der Waals surface area contributed by atoms with Crippen LogP contribution in [0.2, 0.25) is 0 Å². The Balaban J connectivity index is 2.03. The molecule has 3 nitrogen and oxygen atoms in total. The van der Waals surface area contributed by atoms with Gasteiger partial charge in [0.1, 0.15) is 0 Å². The molecule has 0 radical (unpaired) electrons. The quantitative estimate of drug-likeness (QED) is 0.843. The molecule has 2 unspecified atom stereocenters. The van der Waals surface area contributed by atoms with Crippen LogP contribution in [0.3, 0.4) is 0 Å². The SMILES string of the molecule is CC(C)C1(CC2CCS(=O)(=O)C2)CCCCN1. The average Bonchev–Trinajstić information content (AvgIpc) is 2.59. The maximum Gasteiger partial charge on any atom is 0.150 e. The first-order chi connectivity index (χ1) is 7.94. The summed E-state index contributed by atoms with van der Waals surface area (Å²) in [5.41, 5.74) is 0.197. The summed E-state index contributed by atoms with van der Waals surface area (Å²) in [6.45, 7) is 5.63. The van der Waals surface area contributed by atoms with Crippen LogP contribution in [0.15, 0.2) is 0 Å². The van der Waals surface area contributed by atoms with E-state index in [9.17, 15) is 8.42 Å². The van der Waals surface area contributed by atoms with Gasteiger partial charge in [-0.15, -0.1) is 0 Å². The second-order valence-corrected chi connectivity index (χ2v) is 8.40. The van der Waals surface area contributed by atoms with Gasteiger partial charge in [-0.05, 0) is 44.1 Å². The van der Waals surface area contributed by atoms with Gasteiger partial charge in [0.25, 0.3) is 0 Å². The zero-order valence-electron chi connectivity index (χ0n) is 11.0. The van der Waals surface area contributed by atoms with E-state index in [1.807, 2.05) is 0 Å². The van der Waals surface area contributed by atoms with Crippen LogP contribution < -0.4 is 5.32 Å². The van der Waals surface area contributed by atoms with E-state index in [0.29, 0.717) is 23.3 Å². The van der Waals surface area contributed by atoms with E-state index in [4.69, 9.17) is 0 Å². The van der Waals surface area contributed by atoms with Gasteiger partial charge in [-0.2, -0.15) is 0 Å². The molecule has 2 rings (SSSR count). The lowest BCUT2D eigenvalue weighted by molar-refractivity contribution is 0.148. The van der Waals surface area contributed by atoms with Crippen molar-refractivity contribution in [2.24, 2.45) is 11.8 Å². The summed E-state index contributed by atoms with van der Waals surface area (Å²) in [7, 11) is -2.73. The van der Waals surface area contributed by atoms with E-state index < -0.39 is 9.84 Å². The fourth-order valence-corrected chi connectivity index (χ4v) is 5.30. The molecule has 100 valence electrons. The van der Waals surface area contributed by atoms with Crippen molar-refractivity contribution in [3.63, 3.8) is 0 Å². The van der Waals surface area contributed by atoms with Crippen LogP contribution in [-0.4, -0.2) is 32.0 Å². The Morgan fingerprint density at radius 1 is 1.35 bits per heavy atom. The fraction of sp³-hybridized carbons (Fsp3) is 1.00. The number of nitrogens with one attached hydrogen (secondary N) is 1. The van der Waals surface area contributed by atoms with Crippen molar-refractivity contribution in [1.29, 1.82) is 0 Å². The van der Waals surface area contributed by atoms with Crippen molar-refractivity contribution >= 4 is 9.84 Å². The molecule has 2 aliphatic rings. The molecular weight excluding hydrogens is 234 g/mol. The normalized spacial score (nSPS) is 37.5. The van der Waals surface area contributed by atoms with Gasteiger partial charge >= 0.3 is 0 Å². The molecule has 0 aromatic carbocycles. The highest BCUT2D eigenvalue weighted by molar-refractivity contribution is 7.91. The number of piperidine rings is 1. The monoisotopic (exact) mass is 259 g/mol. The molecule has 1 N–H and O–H groups in total. The molecule has 0 aromatic rings. The second-order valence-electron chi connectivity index (χ2n) is 6.17. The highest BCUT2D eigenvalue weighted by atomic mass is 32.2. The lowest BCUT2D eigenvalue weighted by Gasteiger charge is -2.43. The Hall–Kier alpha value is -0.0900. The van der Waals surface area contributed by atoms with Crippen LogP contribution in [0, 0.1) is 11.8 Å². The van der Waals surface area contributed by atoms with E-state index in [0.717, 1.165) is 19.4 Å². The van der Waals surface area contributed by atoms with Gasteiger partial charge in [0.15, 0.2) is 9.84 Å². The summed E-state index contributed by atoms with van der Waals surface area (Å²) in [6.07, 6.45) is 5.67. The molecular formula is C13H25NO2S. The molecule has 0 spiro atoms. The number of sulfone groups is 1. The minimum atomic E-state index is -2.73. The first kappa shape index (κ1) is 13.3. The Labute approximate surface area is 105 Å². The number of hydrogen-bond acceptors (Lipinski definition) is 3. The fourth-order valence-electron chi connectivity index (χ4n) is 3.44. The molecule has 0 bridgehead atoms. The first-order valence-corrected chi connectivity index (χ1v) is 8.71. The zero-order chi connectivity index (χ0) is 12.5. The molecule has 2 aliphatic heterocycles. The molecule has 2 heterocycles. The van der Waals surface area contributed by atoms with Crippen LogP contribution in [-0.2, 0) is 9.84 Å². The first-order valence-electron chi connectivity index (χ1n) is 6.89. The highest BCUT2D eigenvalue weighted by Gasteiger charge is 2.40. The highest BCUT2D eigenvalue weighted by Crippen LogP contribution is 2.36. The third kappa shape index (κ3) is 3.02. The maximum atomic E-state index is 11.5. The van der Waals surface area contributed by atoms with Crippen molar-refractivity contribution < 1.29 is 8.42 Å². The standard InChI is InChI=1S/C13H25NO2S/c1-11(2)13(6-3-4-7-14-13)9-12-5-8-17(15,16)10-12/h11-12,14H,3-10H2,1-2H3. The minimum absolute atomic E-state index is 0.197. The minimum Gasteiger partial charge on any atom is -0.311 e. The zero-order valence-corrected chi connectivity index (χ0v) is 11.9. The third-order valence-electron chi connectivity index (χ3n) is 4.61. The molecule has 2 saturated heterocycles. The summed E-state index contributed by atoms with van der Waals surface area (Å²) in [6, 6.07) is 0. The lowest BCUT2D eigenvalue weighted by atomic mass is 9.73. The van der Waals surface area contributed by atoms with Gasteiger partial charge in [-0.1, -0.05) is 20.3 Å². The largest absolute Gasteiger partial charge is 0.311 e. The van der Waals surface area contributed by atoms with Crippen LogP contribution in [0.4, 0.5) is 0 Å². The van der Waals surface area contributed by atoms with Crippen molar-refractivity contribution in [2.45, 2.75) is 51.5 Å². The van der Waals surface area contributed by atoms with Crippen LogP contribution >= 0.6 is 0 Å². The Morgan fingerprint density at radius 3 is 2.59 bits per heavy atom. The predicted molar refractivity (Wildman–Crippen MR) is 70.8 cm³/mol. The van der Waals surface area contributed by atoms with Gasteiger partial charge in [0, 0.05) is 5.54 Å². The molecule has 0 amide bonds. The Morgan fingerprint density at radius 2 is 2.12 bits per heavy atom. The number of rotatable bonds is 3. The van der Waals surface area contributed by atoms with Gasteiger partial charge < -0.3 is 5.32 Å². The van der Waals surface area contributed by atoms with Crippen LogP contribution in [0.25, 0.3) is 0 Å². The smallest absolute Gasteiger partial charge is 0.150 e. The Bertz CT molecular complexity index is 356. The lowest BCUT2D eigenvalue weighted by Crippen LogP contribution is -2.53. The molecule has 0 aliphatic carbocycles. The van der Waals surface area contributed by atoms with Gasteiger partial charge in [-0.25, -0.2) is 8.42 Å². The van der Waals surface area contributed by atoms with E-state index in [-0.39, 0.29) is 5.54 Å². The van der Waals surface area contributed by atoms with Gasteiger partial charge in [-0.3, -0.25) is 0 Å². The van der Waals surface area contributed by atoms with E-state index in [2.05, 4.69) is 19.2 Å². The molecule has 2 atom stereocenters. The third-order valence-corrected chi connectivity index (χ3v) is 6.45. The summed E-state index contributed by atoms with van der Waals surface area (Å²) >= 11 is 0. The van der Waals surface area contributed by atoms with Crippen LogP contribution in [0.1, 0.15) is 46.0 Å². The number of hydrogen-bond donors (Lipinski definition) is 1. The molecule has 2 fully saturated rings. The van der Waals surface area contributed by atoms with Gasteiger partial charge in [0.05, 0.1) is 11.5 Å². The van der Waals surface area contributed by atoms with E-state index >= 15 is 0 Å². The molecule has 17 heavy (non-hydrogen) atoms.